The molecule has 1 aromatic rings. The summed E-state index contributed by atoms with van der Waals surface area (Å²) in [6, 6.07) is 3.34. The first-order valence-electron chi connectivity index (χ1n) is 6.86. The fourth-order valence-electron chi connectivity index (χ4n) is 2.65. The van der Waals surface area contributed by atoms with Gasteiger partial charge in [-0.25, -0.2) is 4.39 Å². The van der Waals surface area contributed by atoms with E-state index in [1.165, 1.54) is 0 Å². The fraction of sp³-hybridized carbons (Fsp3) is 0.600. The van der Waals surface area contributed by atoms with Crippen LogP contribution >= 0.6 is 0 Å². The van der Waals surface area contributed by atoms with E-state index in [9.17, 15) is 4.39 Å². The largest absolute Gasteiger partial charge is 0.381 e. The zero-order chi connectivity index (χ0) is 14.0. The van der Waals surface area contributed by atoms with Crippen LogP contribution in [0.4, 0.5) is 10.1 Å². The number of nitrogens with two attached hydrogens (primary N) is 1. The molecule has 0 unspecified atom stereocenters. The van der Waals surface area contributed by atoms with Crippen LogP contribution in [-0.2, 0) is 4.74 Å². The second kappa shape index (κ2) is 5.88. The van der Waals surface area contributed by atoms with Crippen LogP contribution in [0.1, 0.15) is 36.9 Å². The summed E-state index contributed by atoms with van der Waals surface area (Å²) >= 11 is 0. The SMILES string of the molecule is COC1CCN(c2cc(C)c(F)cc2[C@H](C)N)CC1. The highest BCUT2D eigenvalue weighted by atomic mass is 19.1. The molecule has 1 atom stereocenters. The van der Waals surface area contributed by atoms with Crippen LogP contribution in [0.25, 0.3) is 0 Å². The summed E-state index contributed by atoms with van der Waals surface area (Å²) in [6.07, 6.45) is 2.35. The molecule has 1 saturated heterocycles. The Hall–Kier alpha value is -1.13. The number of piperidine rings is 1. The summed E-state index contributed by atoms with van der Waals surface area (Å²) in [5.74, 6) is -0.178. The van der Waals surface area contributed by atoms with Crippen LogP contribution in [0, 0.1) is 12.7 Å². The van der Waals surface area contributed by atoms with Crippen LogP contribution in [0.15, 0.2) is 12.1 Å². The summed E-state index contributed by atoms with van der Waals surface area (Å²) in [5, 5.41) is 0. The van der Waals surface area contributed by atoms with Gasteiger partial charge in [0.25, 0.3) is 0 Å². The van der Waals surface area contributed by atoms with Crippen molar-refractivity contribution in [2.45, 2.75) is 38.8 Å². The van der Waals surface area contributed by atoms with Gasteiger partial charge in [-0.2, -0.15) is 0 Å². The Kier molecular flexibility index (Phi) is 4.42. The molecule has 0 saturated carbocycles. The van der Waals surface area contributed by atoms with Gasteiger partial charge in [-0.05, 0) is 49.9 Å². The van der Waals surface area contributed by atoms with Gasteiger partial charge in [-0.1, -0.05) is 0 Å². The Labute approximate surface area is 114 Å². The lowest BCUT2D eigenvalue weighted by atomic mass is 10.00. The van der Waals surface area contributed by atoms with Crippen molar-refractivity contribution >= 4 is 5.69 Å². The Morgan fingerprint density at radius 1 is 1.37 bits per heavy atom. The summed E-state index contributed by atoms with van der Waals surface area (Å²) < 4.78 is 19.1. The van der Waals surface area contributed by atoms with Crippen LogP contribution in [-0.4, -0.2) is 26.3 Å². The van der Waals surface area contributed by atoms with Gasteiger partial charge < -0.3 is 15.4 Å². The van der Waals surface area contributed by atoms with E-state index in [-0.39, 0.29) is 11.9 Å². The first-order valence-corrected chi connectivity index (χ1v) is 6.86. The van der Waals surface area contributed by atoms with Crippen molar-refractivity contribution in [3.05, 3.63) is 29.1 Å². The monoisotopic (exact) mass is 266 g/mol. The summed E-state index contributed by atoms with van der Waals surface area (Å²) in [5.41, 5.74) is 8.61. The minimum Gasteiger partial charge on any atom is -0.381 e. The van der Waals surface area contributed by atoms with Gasteiger partial charge in [0.2, 0.25) is 0 Å². The Bertz CT molecular complexity index is 440. The number of ether oxygens (including phenoxy) is 1. The zero-order valence-corrected chi connectivity index (χ0v) is 11.9. The molecule has 19 heavy (non-hydrogen) atoms. The van der Waals surface area contributed by atoms with Crippen molar-refractivity contribution in [2.75, 3.05) is 25.1 Å². The third kappa shape index (κ3) is 3.07. The minimum atomic E-state index is -0.178. The molecule has 0 amide bonds. The van der Waals surface area contributed by atoms with Gasteiger partial charge >= 0.3 is 0 Å². The molecule has 0 spiro atoms. The van der Waals surface area contributed by atoms with Crippen LogP contribution in [0.5, 0.6) is 0 Å². The predicted octanol–water partition coefficient (Wildman–Crippen LogP) is 2.77. The van der Waals surface area contributed by atoms with Crippen molar-refractivity contribution in [1.82, 2.24) is 0 Å². The molecular formula is C15H23FN2O. The highest BCUT2D eigenvalue weighted by Crippen LogP contribution is 2.30. The molecule has 4 heteroatoms. The Morgan fingerprint density at radius 2 is 2.00 bits per heavy atom. The number of rotatable bonds is 3. The van der Waals surface area contributed by atoms with E-state index >= 15 is 0 Å². The zero-order valence-electron chi connectivity index (χ0n) is 11.9. The predicted molar refractivity (Wildman–Crippen MR) is 76.0 cm³/mol. The molecule has 0 aromatic heterocycles. The smallest absolute Gasteiger partial charge is 0.126 e. The second-order valence-corrected chi connectivity index (χ2v) is 5.37. The quantitative estimate of drug-likeness (QED) is 0.914. The number of hydrogen-bond acceptors (Lipinski definition) is 3. The molecule has 1 fully saturated rings. The summed E-state index contributed by atoms with van der Waals surface area (Å²) in [4.78, 5) is 2.29. The molecule has 3 nitrogen and oxygen atoms in total. The minimum absolute atomic E-state index is 0.162. The maximum Gasteiger partial charge on any atom is 0.126 e. The average Bonchev–Trinajstić information content (AvgIpc) is 2.41. The van der Waals surface area contributed by atoms with Gasteiger partial charge in [0.05, 0.1) is 6.10 Å². The van der Waals surface area contributed by atoms with Gasteiger partial charge in [-0.3, -0.25) is 0 Å². The lowest BCUT2D eigenvalue weighted by Gasteiger charge is -2.35. The number of hydrogen-bond donors (Lipinski definition) is 1. The number of nitrogens with zero attached hydrogens (tertiary/aromatic N) is 1. The maximum atomic E-state index is 13.7. The van der Waals surface area contributed by atoms with Crippen molar-refractivity contribution in [1.29, 1.82) is 0 Å². The number of halogens is 1. The number of methoxy groups -OCH3 is 1. The highest BCUT2D eigenvalue weighted by Gasteiger charge is 2.22. The molecule has 0 radical (unpaired) electrons. The van der Waals surface area contributed by atoms with Crippen LogP contribution < -0.4 is 10.6 Å². The molecule has 1 aliphatic heterocycles. The third-order valence-corrected chi connectivity index (χ3v) is 3.91. The normalized spacial score (nSPS) is 18.7. The molecule has 0 aliphatic carbocycles. The number of benzene rings is 1. The summed E-state index contributed by atoms with van der Waals surface area (Å²) in [6.45, 7) is 5.56. The molecule has 1 aliphatic rings. The maximum absolute atomic E-state index is 13.7. The summed E-state index contributed by atoms with van der Waals surface area (Å²) in [7, 11) is 1.76. The fourth-order valence-corrected chi connectivity index (χ4v) is 2.65. The van der Waals surface area contributed by atoms with Gasteiger partial charge in [0.15, 0.2) is 0 Å². The third-order valence-electron chi connectivity index (χ3n) is 3.91. The molecular weight excluding hydrogens is 243 g/mol. The van der Waals surface area contributed by atoms with E-state index in [1.54, 1.807) is 20.1 Å². The van der Waals surface area contributed by atoms with Gasteiger partial charge in [0, 0.05) is 31.9 Å². The first kappa shape index (κ1) is 14.3. The molecule has 2 N–H and O–H groups in total. The second-order valence-electron chi connectivity index (χ2n) is 5.37. The van der Waals surface area contributed by atoms with E-state index in [1.807, 2.05) is 13.0 Å². The first-order chi connectivity index (χ1) is 9.02. The van der Waals surface area contributed by atoms with E-state index in [2.05, 4.69) is 4.90 Å². The van der Waals surface area contributed by atoms with E-state index in [0.717, 1.165) is 37.2 Å². The number of aryl methyl sites for hydroxylation is 1. The van der Waals surface area contributed by atoms with E-state index in [4.69, 9.17) is 10.5 Å². The standard InChI is InChI=1S/C15H23FN2O/c1-10-8-15(13(11(2)17)9-14(10)16)18-6-4-12(19-3)5-7-18/h8-9,11-12H,4-7,17H2,1-3H3/t11-/m0/s1. The molecule has 106 valence electrons. The van der Waals surface area contributed by atoms with Gasteiger partial charge in [0.1, 0.15) is 5.82 Å². The van der Waals surface area contributed by atoms with Crippen LogP contribution in [0.2, 0.25) is 0 Å². The molecule has 0 bridgehead atoms. The number of anilines is 1. The molecule has 1 heterocycles. The van der Waals surface area contributed by atoms with Crippen molar-refractivity contribution in [3.63, 3.8) is 0 Å². The highest BCUT2D eigenvalue weighted by molar-refractivity contribution is 5.57. The lowest BCUT2D eigenvalue weighted by Crippen LogP contribution is -2.37. The molecule has 2 rings (SSSR count). The molecule has 1 aromatic carbocycles. The van der Waals surface area contributed by atoms with Crippen molar-refractivity contribution in [2.24, 2.45) is 5.73 Å². The van der Waals surface area contributed by atoms with E-state index in [0.29, 0.717) is 11.7 Å². The van der Waals surface area contributed by atoms with Crippen molar-refractivity contribution < 1.29 is 9.13 Å². The average molecular weight is 266 g/mol. The van der Waals surface area contributed by atoms with Crippen LogP contribution in [0.3, 0.4) is 0 Å². The van der Waals surface area contributed by atoms with Gasteiger partial charge in [-0.15, -0.1) is 0 Å². The van der Waals surface area contributed by atoms with Crippen molar-refractivity contribution in [3.8, 4) is 0 Å². The topological polar surface area (TPSA) is 38.5 Å². The lowest BCUT2D eigenvalue weighted by molar-refractivity contribution is 0.0819. The Morgan fingerprint density at radius 3 is 2.53 bits per heavy atom. The van der Waals surface area contributed by atoms with E-state index < -0.39 is 0 Å². The Balaban J connectivity index is 2.26.